The van der Waals surface area contributed by atoms with Gasteiger partial charge in [0.05, 0.1) is 0 Å². The summed E-state index contributed by atoms with van der Waals surface area (Å²) in [6, 6.07) is 7.22. The topological polar surface area (TPSA) is 20.3 Å². The maximum atomic E-state index is 12.1. The van der Waals surface area contributed by atoms with Crippen LogP contribution in [0.4, 0.5) is 0 Å². The molecule has 0 bridgehead atoms. The monoisotopic (exact) mass is 279 g/mol. The van der Waals surface area contributed by atoms with Crippen LogP contribution in [0.3, 0.4) is 0 Å². The first kappa shape index (κ1) is 14.5. The smallest absolute Gasteiger partial charge is 0.164 e. The summed E-state index contributed by atoms with van der Waals surface area (Å²) in [6.07, 6.45) is 6.03. The van der Waals surface area contributed by atoms with Crippen molar-refractivity contribution >= 4 is 17.4 Å². The first-order valence-corrected chi connectivity index (χ1v) is 7.50. The average molecular weight is 280 g/mol. The summed E-state index contributed by atoms with van der Waals surface area (Å²) >= 11 is 5.90. The molecule has 1 aromatic carbocycles. The van der Waals surface area contributed by atoms with Crippen LogP contribution >= 0.6 is 11.6 Å². The molecule has 0 aliphatic heterocycles. The van der Waals surface area contributed by atoms with Crippen LogP contribution in [0.2, 0.25) is 5.02 Å². The second kappa shape index (κ2) is 7.06. The number of benzene rings is 1. The van der Waals surface area contributed by atoms with Crippen LogP contribution in [0, 0.1) is 5.92 Å². The van der Waals surface area contributed by atoms with E-state index in [1.165, 1.54) is 25.7 Å². The van der Waals surface area contributed by atoms with E-state index in [-0.39, 0.29) is 5.78 Å². The fraction of sp³-hybridized carbons (Fsp3) is 0.562. The number of hydrogen-bond donors (Lipinski definition) is 0. The van der Waals surface area contributed by atoms with Crippen LogP contribution in [0.25, 0.3) is 0 Å². The van der Waals surface area contributed by atoms with Crippen molar-refractivity contribution < 1.29 is 4.79 Å². The molecule has 1 fully saturated rings. The van der Waals surface area contributed by atoms with Crippen LogP contribution in [0.15, 0.2) is 24.3 Å². The van der Waals surface area contributed by atoms with Gasteiger partial charge in [-0.05, 0) is 37.9 Å². The predicted octanol–water partition coefficient (Wildman–Crippen LogP) is 4.03. The van der Waals surface area contributed by atoms with E-state index in [1.807, 2.05) is 12.1 Å². The molecule has 0 aromatic heterocycles. The normalized spacial score (nSPS) is 16.2. The molecule has 2 rings (SSSR count). The Kier molecular flexibility index (Phi) is 5.41. The van der Waals surface area contributed by atoms with Crippen LogP contribution in [0.5, 0.6) is 0 Å². The lowest BCUT2D eigenvalue weighted by Crippen LogP contribution is -2.27. The maximum Gasteiger partial charge on any atom is 0.164 e. The molecule has 0 spiro atoms. The number of hydrogen-bond acceptors (Lipinski definition) is 2. The van der Waals surface area contributed by atoms with Gasteiger partial charge in [-0.2, -0.15) is 0 Å². The van der Waals surface area contributed by atoms with Crippen LogP contribution in [-0.4, -0.2) is 30.8 Å². The number of halogens is 1. The molecule has 104 valence electrons. The molecular weight excluding hydrogens is 258 g/mol. The molecule has 0 unspecified atom stereocenters. The van der Waals surface area contributed by atoms with Gasteiger partial charge in [0, 0.05) is 30.1 Å². The van der Waals surface area contributed by atoms with E-state index in [1.54, 1.807) is 12.1 Å². The zero-order valence-electron chi connectivity index (χ0n) is 11.6. The Balaban J connectivity index is 1.76. The van der Waals surface area contributed by atoms with Crippen LogP contribution in [-0.2, 0) is 0 Å². The van der Waals surface area contributed by atoms with E-state index in [0.29, 0.717) is 11.4 Å². The van der Waals surface area contributed by atoms with Gasteiger partial charge in [0.25, 0.3) is 0 Å². The lowest BCUT2D eigenvalue weighted by Gasteiger charge is -2.20. The van der Waals surface area contributed by atoms with E-state index >= 15 is 0 Å². The summed E-state index contributed by atoms with van der Waals surface area (Å²) in [5.41, 5.74) is 0.724. The minimum atomic E-state index is 0.181. The summed E-state index contributed by atoms with van der Waals surface area (Å²) < 4.78 is 0. The minimum absolute atomic E-state index is 0.181. The molecular formula is C16H22ClNO. The van der Waals surface area contributed by atoms with Crippen LogP contribution < -0.4 is 0 Å². The highest BCUT2D eigenvalue weighted by Gasteiger charge is 2.17. The molecule has 0 N–H and O–H groups in total. The Morgan fingerprint density at radius 2 is 2.11 bits per heavy atom. The van der Waals surface area contributed by atoms with E-state index < -0.39 is 0 Å². The van der Waals surface area contributed by atoms with Crippen molar-refractivity contribution in [2.24, 2.45) is 5.92 Å². The standard InChI is InChI=1S/C16H22ClNO/c1-18(12-13-5-2-3-6-13)10-9-16(19)14-7-4-8-15(17)11-14/h4,7-8,11,13H,2-3,5-6,9-10,12H2,1H3. The van der Waals surface area contributed by atoms with Crippen molar-refractivity contribution in [1.29, 1.82) is 0 Å². The van der Waals surface area contributed by atoms with Gasteiger partial charge in [0.15, 0.2) is 5.78 Å². The highest BCUT2D eigenvalue weighted by Crippen LogP contribution is 2.25. The summed E-state index contributed by atoms with van der Waals surface area (Å²) in [5, 5.41) is 0.630. The molecule has 0 heterocycles. The van der Waals surface area contributed by atoms with Gasteiger partial charge >= 0.3 is 0 Å². The molecule has 0 amide bonds. The van der Waals surface area contributed by atoms with E-state index in [2.05, 4.69) is 11.9 Å². The third-order valence-corrected chi connectivity index (χ3v) is 4.15. The molecule has 2 nitrogen and oxygen atoms in total. The summed E-state index contributed by atoms with van der Waals surface area (Å²) in [5.74, 6) is 1.02. The largest absolute Gasteiger partial charge is 0.306 e. The van der Waals surface area contributed by atoms with Crippen molar-refractivity contribution in [2.45, 2.75) is 32.1 Å². The predicted molar refractivity (Wildman–Crippen MR) is 79.9 cm³/mol. The fourth-order valence-corrected chi connectivity index (χ4v) is 3.01. The Labute approximate surface area is 120 Å². The third-order valence-electron chi connectivity index (χ3n) is 3.91. The second-order valence-corrected chi connectivity index (χ2v) is 6.03. The van der Waals surface area contributed by atoms with E-state index in [9.17, 15) is 4.79 Å². The lowest BCUT2D eigenvalue weighted by molar-refractivity contribution is 0.0966. The van der Waals surface area contributed by atoms with Crippen molar-refractivity contribution in [1.82, 2.24) is 4.90 Å². The average Bonchev–Trinajstić information content (AvgIpc) is 2.88. The summed E-state index contributed by atoms with van der Waals surface area (Å²) in [7, 11) is 2.11. The molecule has 1 aliphatic carbocycles. The number of ketones is 1. The molecule has 1 aromatic rings. The van der Waals surface area contributed by atoms with Gasteiger partial charge in [-0.15, -0.1) is 0 Å². The molecule has 0 radical (unpaired) electrons. The number of rotatable bonds is 6. The SMILES string of the molecule is CN(CCC(=O)c1cccc(Cl)c1)CC1CCCC1. The molecule has 19 heavy (non-hydrogen) atoms. The Morgan fingerprint density at radius 1 is 1.37 bits per heavy atom. The highest BCUT2D eigenvalue weighted by molar-refractivity contribution is 6.31. The van der Waals surface area contributed by atoms with E-state index in [0.717, 1.165) is 24.6 Å². The first-order chi connectivity index (χ1) is 9.15. The first-order valence-electron chi connectivity index (χ1n) is 7.12. The molecule has 1 saturated carbocycles. The number of carbonyl (C=O) groups is 1. The number of nitrogens with zero attached hydrogens (tertiary/aromatic N) is 1. The summed E-state index contributed by atoms with van der Waals surface area (Å²) in [4.78, 5) is 14.3. The quantitative estimate of drug-likeness (QED) is 0.733. The minimum Gasteiger partial charge on any atom is -0.306 e. The zero-order chi connectivity index (χ0) is 13.7. The fourth-order valence-electron chi connectivity index (χ4n) is 2.82. The summed E-state index contributed by atoms with van der Waals surface area (Å²) in [6.45, 7) is 1.96. The zero-order valence-corrected chi connectivity index (χ0v) is 12.3. The van der Waals surface area contributed by atoms with Crippen molar-refractivity contribution in [3.8, 4) is 0 Å². The second-order valence-electron chi connectivity index (χ2n) is 5.60. The number of carbonyl (C=O) groups excluding carboxylic acids is 1. The molecule has 0 saturated heterocycles. The Morgan fingerprint density at radius 3 is 2.79 bits per heavy atom. The Hall–Kier alpha value is -0.860. The lowest BCUT2D eigenvalue weighted by atomic mass is 10.1. The van der Waals surface area contributed by atoms with Crippen LogP contribution in [0.1, 0.15) is 42.5 Å². The Bertz CT molecular complexity index is 427. The van der Waals surface area contributed by atoms with Gasteiger partial charge < -0.3 is 4.90 Å². The van der Waals surface area contributed by atoms with Crippen molar-refractivity contribution in [2.75, 3.05) is 20.1 Å². The van der Waals surface area contributed by atoms with E-state index in [4.69, 9.17) is 11.6 Å². The van der Waals surface area contributed by atoms with Gasteiger partial charge in [0.2, 0.25) is 0 Å². The maximum absolute atomic E-state index is 12.1. The molecule has 0 atom stereocenters. The number of Topliss-reactive ketones (excluding diaryl/α,β-unsaturated/α-hetero) is 1. The van der Waals surface area contributed by atoms with Crippen molar-refractivity contribution in [3.63, 3.8) is 0 Å². The van der Waals surface area contributed by atoms with Gasteiger partial charge in [-0.25, -0.2) is 0 Å². The van der Waals surface area contributed by atoms with Gasteiger partial charge in [0.1, 0.15) is 0 Å². The third kappa shape index (κ3) is 4.63. The highest BCUT2D eigenvalue weighted by atomic mass is 35.5. The van der Waals surface area contributed by atoms with Gasteiger partial charge in [-0.3, -0.25) is 4.79 Å². The van der Waals surface area contributed by atoms with Gasteiger partial charge in [-0.1, -0.05) is 36.6 Å². The van der Waals surface area contributed by atoms with Crippen molar-refractivity contribution in [3.05, 3.63) is 34.9 Å². The molecule has 1 aliphatic rings. The molecule has 3 heteroatoms.